The van der Waals surface area contributed by atoms with Crippen LogP contribution in [0.15, 0.2) is 35.9 Å². The summed E-state index contributed by atoms with van der Waals surface area (Å²) in [6, 6.07) is 7.35. The van der Waals surface area contributed by atoms with Crippen molar-refractivity contribution in [2.45, 2.75) is 50.6 Å². The van der Waals surface area contributed by atoms with Crippen molar-refractivity contribution in [3.63, 3.8) is 0 Å². The Labute approximate surface area is 128 Å². The summed E-state index contributed by atoms with van der Waals surface area (Å²) in [4.78, 5) is 2.45. The fourth-order valence-corrected chi connectivity index (χ4v) is 3.53. The second-order valence-electron chi connectivity index (χ2n) is 6.22. The Bertz CT molecular complexity index is 550. The van der Waals surface area contributed by atoms with E-state index in [1.807, 2.05) is 0 Å². The fraction of sp³-hybridized carbons (Fsp3) is 0.529. The maximum Gasteiger partial charge on any atom is 0.573 e. The third kappa shape index (κ3) is 3.64. The predicted molar refractivity (Wildman–Crippen MR) is 78.7 cm³/mol. The molecular weight excluding hydrogens is 291 g/mol. The summed E-state index contributed by atoms with van der Waals surface area (Å²) >= 11 is 0. The average molecular weight is 311 g/mol. The van der Waals surface area contributed by atoms with Crippen molar-refractivity contribution in [3.8, 4) is 5.75 Å². The van der Waals surface area contributed by atoms with Crippen LogP contribution >= 0.6 is 0 Å². The molecule has 1 fully saturated rings. The average Bonchev–Trinajstić information content (AvgIpc) is 2.40. The lowest BCUT2D eigenvalue weighted by Gasteiger charge is -2.42. The van der Waals surface area contributed by atoms with Crippen LogP contribution < -0.4 is 4.74 Å². The van der Waals surface area contributed by atoms with Gasteiger partial charge in [-0.05, 0) is 50.4 Å². The van der Waals surface area contributed by atoms with Crippen LogP contribution in [0.4, 0.5) is 13.2 Å². The largest absolute Gasteiger partial charge is 0.573 e. The van der Waals surface area contributed by atoms with Gasteiger partial charge in [-0.3, -0.25) is 4.90 Å². The minimum Gasteiger partial charge on any atom is -0.406 e. The van der Waals surface area contributed by atoms with Crippen molar-refractivity contribution in [2.75, 3.05) is 7.05 Å². The number of benzene rings is 1. The first kappa shape index (κ1) is 15.4. The monoisotopic (exact) mass is 311 g/mol. The van der Waals surface area contributed by atoms with Crippen LogP contribution in [0.3, 0.4) is 0 Å². The molecule has 2 atom stereocenters. The van der Waals surface area contributed by atoms with E-state index in [2.05, 4.69) is 22.8 Å². The lowest BCUT2D eigenvalue weighted by Crippen LogP contribution is -2.46. The Morgan fingerprint density at radius 1 is 1.18 bits per heavy atom. The smallest absolute Gasteiger partial charge is 0.406 e. The Morgan fingerprint density at radius 2 is 1.91 bits per heavy atom. The molecule has 0 amide bonds. The van der Waals surface area contributed by atoms with Crippen molar-refractivity contribution in [3.05, 3.63) is 41.5 Å². The van der Waals surface area contributed by atoms with E-state index in [9.17, 15) is 13.2 Å². The molecule has 2 aliphatic rings. The summed E-state index contributed by atoms with van der Waals surface area (Å²) in [6.07, 6.45) is 3.32. The van der Waals surface area contributed by atoms with E-state index in [4.69, 9.17) is 0 Å². The van der Waals surface area contributed by atoms with Crippen LogP contribution in [-0.2, 0) is 6.42 Å². The topological polar surface area (TPSA) is 12.5 Å². The minimum atomic E-state index is -4.63. The first-order valence-electron chi connectivity index (χ1n) is 7.67. The van der Waals surface area contributed by atoms with Crippen molar-refractivity contribution < 1.29 is 17.9 Å². The molecule has 22 heavy (non-hydrogen) atoms. The first-order valence-corrected chi connectivity index (χ1v) is 7.67. The molecule has 0 spiro atoms. The molecule has 2 heterocycles. The molecule has 1 saturated heterocycles. The highest BCUT2D eigenvalue weighted by atomic mass is 19.4. The molecule has 5 heteroatoms. The maximum absolute atomic E-state index is 12.1. The highest BCUT2D eigenvalue weighted by Crippen LogP contribution is 2.33. The number of halogens is 3. The van der Waals surface area contributed by atoms with Crippen LogP contribution in [0.2, 0.25) is 0 Å². The van der Waals surface area contributed by atoms with Crippen molar-refractivity contribution in [1.82, 2.24) is 4.90 Å². The van der Waals surface area contributed by atoms with Crippen LogP contribution in [0.5, 0.6) is 5.75 Å². The standard InChI is InChI=1S/C17H20F3NO/c1-21-14-3-2-4-15(21)11-13(10-14)9-12-5-7-16(8-6-12)22-17(18,19)20/h5-8,10,14-15H,2-4,9,11H2,1H3. The van der Waals surface area contributed by atoms with Crippen molar-refractivity contribution >= 4 is 0 Å². The van der Waals surface area contributed by atoms with Gasteiger partial charge in [0.1, 0.15) is 5.75 Å². The zero-order valence-electron chi connectivity index (χ0n) is 12.6. The number of hydrogen-bond acceptors (Lipinski definition) is 2. The minimum absolute atomic E-state index is 0.162. The van der Waals surface area contributed by atoms with Gasteiger partial charge < -0.3 is 4.74 Å². The van der Waals surface area contributed by atoms with Gasteiger partial charge in [0.15, 0.2) is 0 Å². The molecule has 3 rings (SSSR count). The molecular formula is C17H20F3NO. The number of rotatable bonds is 3. The van der Waals surface area contributed by atoms with Gasteiger partial charge in [0.05, 0.1) is 0 Å². The van der Waals surface area contributed by atoms with E-state index in [-0.39, 0.29) is 5.75 Å². The zero-order valence-corrected chi connectivity index (χ0v) is 12.6. The van der Waals surface area contributed by atoms with Crippen LogP contribution in [0.25, 0.3) is 0 Å². The molecule has 0 aliphatic carbocycles. The van der Waals surface area contributed by atoms with E-state index in [0.717, 1.165) is 18.4 Å². The van der Waals surface area contributed by atoms with E-state index in [0.29, 0.717) is 12.1 Å². The van der Waals surface area contributed by atoms with E-state index < -0.39 is 6.36 Å². The normalized spacial score (nSPS) is 25.7. The Hall–Kier alpha value is -1.49. The summed E-state index contributed by atoms with van der Waals surface area (Å²) in [5, 5.41) is 0. The lowest BCUT2D eigenvalue weighted by molar-refractivity contribution is -0.274. The molecule has 1 aromatic rings. The van der Waals surface area contributed by atoms with Gasteiger partial charge in [-0.1, -0.05) is 30.2 Å². The molecule has 0 aromatic heterocycles. The second kappa shape index (κ2) is 5.95. The van der Waals surface area contributed by atoms with Gasteiger partial charge in [0, 0.05) is 12.1 Å². The van der Waals surface area contributed by atoms with E-state index >= 15 is 0 Å². The molecule has 2 nitrogen and oxygen atoms in total. The van der Waals surface area contributed by atoms with E-state index in [1.54, 1.807) is 12.1 Å². The Balaban J connectivity index is 1.66. The third-order valence-electron chi connectivity index (χ3n) is 4.65. The Morgan fingerprint density at radius 3 is 2.55 bits per heavy atom. The summed E-state index contributed by atoms with van der Waals surface area (Å²) in [5.74, 6) is -0.162. The van der Waals surface area contributed by atoms with Gasteiger partial charge in [0.25, 0.3) is 0 Å². The van der Waals surface area contributed by atoms with Gasteiger partial charge >= 0.3 is 6.36 Å². The number of fused-ring (bicyclic) bond motifs is 2. The van der Waals surface area contributed by atoms with Crippen LogP contribution in [-0.4, -0.2) is 30.4 Å². The number of piperidine rings is 1. The molecule has 1 aromatic carbocycles. The SMILES string of the molecule is CN1C2C=C(Cc3ccc(OC(F)(F)F)cc3)CC1CCC2. The van der Waals surface area contributed by atoms with Crippen LogP contribution in [0.1, 0.15) is 31.2 Å². The zero-order chi connectivity index (χ0) is 15.7. The number of hydrogen-bond donors (Lipinski definition) is 0. The van der Waals surface area contributed by atoms with Crippen molar-refractivity contribution in [2.24, 2.45) is 0 Å². The molecule has 120 valence electrons. The maximum atomic E-state index is 12.1. The lowest BCUT2D eigenvalue weighted by atomic mass is 9.84. The molecule has 2 aliphatic heterocycles. The molecule has 2 bridgehead atoms. The summed E-state index contributed by atoms with van der Waals surface area (Å²) in [6.45, 7) is 0. The third-order valence-corrected chi connectivity index (χ3v) is 4.65. The number of nitrogens with zero attached hydrogens (tertiary/aromatic N) is 1. The highest BCUT2D eigenvalue weighted by molar-refractivity contribution is 5.31. The van der Waals surface area contributed by atoms with Gasteiger partial charge in [-0.15, -0.1) is 13.2 Å². The summed E-state index contributed by atoms with van der Waals surface area (Å²) in [7, 11) is 2.19. The fourth-order valence-electron chi connectivity index (χ4n) is 3.53. The quantitative estimate of drug-likeness (QED) is 0.771. The van der Waals surface area contributed by atoms with Crippen LogP contribution in [0, 0.1) is 0 Å². The number of likely N-dealkylation sites (N-methyl/N-ethyl adjacent to an activating group) is 1. The molecule has 0 radical (unpaired) electrons. The molecule has 0 N–H and O–H groups in total. The Kier molecular flexibility index (Phi) is 4.17. The second-order valence-corrected chi connectivity index (χ2v) is 6.22. The molecule has 0 saturated carbocycles. The highest BCUT2D eigenvalue weighted by Gasteiger charge is 2.32. The number of alkyl halides is 3. The molecule has 2 unspecified atom stereocenters. The van der Waals surface area contributed by atoms with Gasteiger partial charge in [-0.25, -0.2) is 0 Å². The van der Waals surface area contributed by atoms with E-state index in [1.165, 1.54) is 37.0 Å². The summed E-state index contributed by atoms with van der Waals surface area (Å²) < 4.78 is 40.3. The summed E-state index contributed by atoms with van der Waals surface area (Å²) in [5.41, 5.74) is 2.43. The van der Waals surface area contributed by atoms with Crippen molar-refractivity contribution in [1.29, 1.82) is 0 Å². The predicted octanol–water partition coefficient (Wildman–Crippen LogP) is 4.31. The van der Waals surface area contributed by atoms with Gasteiger partial charge in [-0.2, -0.15) is 0 Å². The number of ether oxygens (including phenoxy) is 1. The first-order chi connectivity index (χ1) is 10.4. The van der Waals surface area contributed by atoms with Gasteiger partial charge in [0.2, 0.25) is 0 Å².